The number of carbonyl (C=O) groups excluding carboxylic acids is 1. The predicted molar refractivity (Wildman–Crippen MR) is 75.2 cm³/mol. The van der Waals surface area contributed by atoms with E-state index in [0.717, 1.165) is 0 Å². The molecule has 2 heterocycles. The Hall–Kier alpha value is -2.06. The minimum atomic E-state index is -0.528. The van der Waals surface area contributed by atoms with Gasteiger partial charge in [-0.05, 0) is 12.1 Å². The first-order chi connectivity index (χ1) is 10.1. The van der Waals surface area contributed by atoms with Crippen molar-refractivity contribution in [3.63, 3.8) is 0 Å². The molecule has 0 bridgehead atoms. The van der Waals surface area contributed by atoms with Crippen LogP contribution in [0.4, 0.5) is 0 Å². The molecule has 2 aromatic heterocycles. The quantitative estimate of drug-likeness (QED) is 0.492. The number of H-pyrrole nitrogens is 1. The molecule has 0 unspecified atom stereocenters. The molecule has 0 fully saturated rings. The highest BCUT2D eigenvalue weighted by atomic mass is 32.2. The Bertz CT molecular complexity index is 679. The van der Waals surface area contributed by atoms with Crippen LogP contribution < -0.4 is 5.56 Å². The number of hydrogen-bond donors (Lipinski definition) is 1. The summed E-state index contributed by atoms with van der Waals surface area (Å²) in [5.41, 5.74) is 0.313. The molecule has 112 valence electrons. The maximum atomic E-state index is 11.5. The number of rotatable bonds is 6. The number of nitrogens with zero attached hydrogens (tertiary/aromatic N) is 1. The number of ether oxygens (including phenoxy) is 2. The Morgan fingerprint density at radius 2 is 2.24 bits per heavy atom. The second-order valence-corrected chi connectivity index (χ2v) is 4.99. The van der Waals surface area contributed by atoms with E-state index in [1.807, 2.05) is 0 Å². The van der Waals surface area contributed by atoms with E-state index >= 15 is 0 Å². The lowest BCUT2D eigenvalue weighted by atomic mass is 10.4. The van der Waals surface area contributed by atoms with Crippen molar-refractivity contribution in [2.75, 3.05) is 14.2 Å². The van der Waals surface area contributed by atoms with Gasteiger partial charge in [-0.15, -0.1) is 0 Å². The lowest BCUT2D eigenvalue weighted by molar-refractivity contribution is 0.0563. The van der Waals surface area contributed by atoms with Crippen molar-refractivity contribution in [2.24, 2.45) is 0 Å². The topological polar surface area (TPSA) is 94.4 Å². The molecular weight excluding hydrogens is 296 g/mol. The first kappa shape index (κ1) is 15.3. The number of aromatic nitrogens is 2. The van der Waals surface area contributed by atoms with Crippen molar-refractivity contribution in [1.82, 2.24) is 9.97 Å². The highest BCUT2D eigenvalue weighted by Crippen LogP contribution is 2.20. The normalized spacial score (nSPS) is 10.6. The Balaban J connectivity index is 2.04. The maximum Gasteiger partial charge on any atom is 0.373 e. The SMILES string of the molecule is COCc1cc(=O)[nH]c(SCc2ccc(C(=O)OC)o2)n1. The van der Waals surface area contributed by atoms with Crippen molar-refractivity contribution < 1.29 is 18.7 Å². The minimum absolute atomic E-state index is 0.141. The van der Waals surface area contributed by atoms with Gasteiger partial charge in [0.15, 0.2) is 5.16 Å². The third-order valence-corrected chi connectivity index (χ3v) is 3.36. The van der Waals surface area contributed by atoms with Crippen LogP contribution in [0.2, 0.25) is 0 Å². The largest absolute Gasteiger partial charge is 0.463 e. The summed E-state index contributed by atoms with van der Waals surface area (Å²) in [5.74, 6) is 0.624. The fourth-order valence-electron chi connectivity index (χ4n) is 1.58. The third-order valence-electron chi connectivity index (χ3n) is 2.46. The van der Waals surface area contributed by atoms with Crippen molar-refractivity contribution in [3.8, 4) is 0 Å². The van der Waals surface area contributed by atoms with Gasteiger partial charge in [-0.2, -0.15) is 0 Å². The zero-order chi connectivity index (χ0) is 15.2. The number of methoxy groups -OCH3 is 2. The second-order valence-electron chi connectivity index (χ2n) is 4.02. The molecule has 0 aliphatic carbocycles. The summed E-state index contributed by atoms with van der Waals surface area (Å²) in [6.45, 7) is 0.269. The number of furan rings is 1. The molecule has 21 heavy (non-hydrogen) atoms. The van der Waals surface area contributed by atoms with Crippen molar-refractivity contribution in [3.05, 3.63) is 45.8 Å². The van der Waals surface area contributed by atoms with Crippen LogP contribution in [0.5, 0.6) is 0 Å². The van der Waals surface area contributed by atoms with Gasteiger partial charge in [0.05, 0.1) is 25.2 Å². The van der Waals surface area contributed by atoms with Crippen molar-refractivity contribution in [1.29, 1.82) is 0 Å². The van der Waals surface area contributed by atoms with Crippen molar-refractivity contribution >= 4 is 17.7 Å². The minimum Gasteiger partial charge on any atom is -0.463 e. The molecule has 2 aromatic rings. The number of aromatic amines is 1. The van der Waals surface area contributed by atoms with E-state index in [2.05, 4.69) is 14.7 Å². The summed E-state index contributed by atoms with van der Waals surface area (Å²) in [7, 11) is 2.82. The monoisotopic (exact) mass is 310 g/mol. The van der Waals surface area contributed by atoms with Gasteiger partial charge in [-0.25, -0.2) is 9.78 Å². The first-order valence-corrected chi connectivity index (χ1v) is 7.00. The van der Waals surface area contributed by atoms with Crippen LogP contribution >= 0.6 is 11.8 Å². The van der Waals surface area contributed by atoms with Crippen molar-refractivity contribution in [2.45, 2.75) is 17.5 Å². The lowest BCUT2D eigenvalue weighted by Crippen LogP contribution is -2.10. The Morgan fingerprint density at radius 3 is 2.95 bits per heavy atom. The molecule has 2 rings (SSSR count). The molecule has 7 nitrogen and oxygen atoms in total. The molecule has 1 N–H and O–H groups in total. The lowest BCUT2D eigenvalue weighted by Gasteiger charge is -2.02. The van der Waals surface area contributed by atoms with E-state index in [4.69, 9.17) is 9.15 Å². The molecule has 8 heteroatoms. The maximum absolute atomic E-state index is 11.5. The second kappa shape index (κ2) is 7.09. The molecule has 0 spiro atoms. The van der Waals surface area contributed by atoms with Crippen LogP contribution in [-0.4, -0.2) is 30.2 Å². The summed E-state index contributed by atoms with van der Waals surface area (Å²) in [6.07, 6.45) is 0. The van der Waals surface area contributed by atoms with Gasteiger partial charge in [-0.1, -0.05) is 11.8 Å². The van der Waals surface area contributed by atoms with Gasteiger partial charge >= 0.3 is 5.97 Å². The summed E-state index contributed by atoms with van der Waals surface area (Å²) >= 11 is 1.29. The average molecular weight is 310 g/mol. The third kappa shape index (κ3) is 4.20. The summed E-state index contributed by atoms with van der Waals surface area (Å²) in [6, 6.07) is 4.60. The van der Waals surface area contributed by atoms with Gasteiger partial charge in [0.25, 0.3) is 5.56 Å². The van der Waals surface area contributed by atoms with E-state index < -0.39 is 5.97 Å². The number of thioether (sulfide) groups is 1. The fourth-order valence-corrected chi connectivity index (χ4v) is 2.37. The number of carbonyl (C=O) groups is 1. The van der Waals surface area contributed by atoms with Gasteiger partial charge in [0.2, 0.25) is 5.76 Å². The van der Waals surface area contributed by atoms with Crippen LogP contribution in [0, 0.1) is 0 Å². The highest BCUT2D eigenvalue weighted by Gasteiger charge is 2.11. The van der Waals surface area contributed by atoms with Gasteiger partial charge in [-0.3, -0.25) is 4.79 Å². The Labute approximate surface area is 124 Å². The molecule has 0 saturated carbocycles. The number of hydrogen-bond acceptors (Lipinski definition) is 7. The van der Waals surface area contributed by atoms with Gasteiger partial charge in [0, 0.05) is 13.2 Å². The molecule has 0 amide bonds. The first-order valence-electron chi connectivity index (χ1n) is 6.01. The number of nitrogens with one attached hydrogen (secondary N) is 1. The Kier molecular flexibility index (Phi) is 5.18. The zero-order valence-electron chi connectivity index (χ0n) is 11.5. The standard InChI is InChI=1S/C13H14N2O5S/c1-18-6-8-5-11(16)15-13(14-8)21-7-9-3-4-10(20-9)12(17)19-2/h3-5H,6-7H2,1-2H3,(H,14,15,16). The van der Waals surface area contributed by atoms with E-state index in [0.29, 0.717) is 22.4 Å². The molecule has 0 aromatic carbocycles. The van der Waals surface area contributed by atoms with E-state index in [1.165, 1.54) is 32.0 Å². The summed E-state index contributed by atoms with van der Waals surface area (Å²) in [4.78, 5) is 29.6. The smallest absolute Gasteiger partial charge is 0.373 e. The van der Waals surface area contributed by atoms with Crippen LogP contribution in [0.1, 0.15) is 22.0 Å². The fraction of sp³-hybridized carbons (Fsp3) is 0.308. The van der Waals surface area contributed by atoms with Crippen LogP contribution in [0.3, 0.4) is 0 Å². The summed E-state index contributed by atoms with van der Waals surface area (Å²) < 4.78 is 14.8. The zero-order valence-corrected chi connectivity index (χ0v) is 12.4. The number of esters is 1. The van der Waals surface area contributed by atoms with E-state index in [9.17, 15) is 9.59 Å². The molecule has 0 atom stereocenters. The van der Waals surface area contributed by atoms with E-state index in [1.54, 1.807) is 12.1 Å². The van der Waals surface area contributed by atoms with Crippen LogP contribution in [0.25, 0.3) is 0 Å². The molecule has 0 aliphatic rings. The van der Waals surface area contributed by atoms with Gasteiger partial charge in [0.1, 0.15) is 5.76 Å². The molecule has 0 aliphatic heterocycles. The highest BCUT2D eigenvalue weighted by molar-refractivity contribution is 7.98. The average Bonchev–Trinajstić information content (AvgIpc) is 2.93. The summed E-state index contributed by atoms with van der Waals surface area (Å²) in [5, 5.41) is 0.463. The van der Waals surface area contributed by atoms with Gasteiger partial charge < -0.3 is 18.9 Å². The predicted octanol–water partition coefficient (Wildman–Crippen LogP) is 1.59. The molecule has 0 saturated heterocycles. The molecule has 0 radical (unpaired) electrons. The molecular formula is C13H14N2O5S. The van der Waals surface area contributed by atoms with Crippen LogP contribution in [0.15, 0.2) is 32.6 Å². The Morgan fingerprint density at radius 1 is 1.43 bits per heavy atom. The van der Waals surface area contributed by atoms with Crippen LogP contribution in [-0.2, 0) is 21.8 Å². The van der Waals surface area contributed by atoms with E-state index in [-0.39, 0.29) is 17.9 Å².